The van der Waals surface area contributed by atoms with Crippen molar-refractivity contribution < 1.29 is 0 Å². The van der Waals surface area contributed by atoms with Crippen LogP contribution in [0.3, 0.4) is 0 Å². The summed E-state index contributed by atoms with van der Waals surface area (Å²) >= 11 is 0. The second-order valence-corrected chi connectivity index (χ2v) is 8.81. The Hall–Kier alpha value is -3.78. The van der Waals surface area contributed by atoms with Gasteiger partial charge < -0.3 is 9.55 Å². The Morgan fingerprint density at radius 1 is 0.774 bits per heavy atom. The molecule has 0 saturated heterocycles. The van der Waals surface area contributed by atoms with Gasteiger partial charge >= 0.3 is 0 Å². The molecule has 7 rings (SSSR count). The maximum atomic E-state index is 3.64. The first-order valence-electron chi connectivity index (χ1n) is 11.0. The van der Waals surface area contributed by atoms with Crippen LogP contribution in [0.1, 0.15) is 13.3 Å². The van der Waals surface area contributed by atoms with Crippen LogP contribution in [0.5, 0.6) is 0 Å². The smallest absolute Gasteiger partial charge is 0.0562 e. The van der Waals surface area contributed by atoms with Gasteiger partial charge in [0, 0.05) is 38.3 Å². The van der Waals surface area contributed by atoms with E-state index in [4.69, 9.17) is 0 Å². The Kier molecular flexibility index (Phi) is 3.35. The number of hydrogen-bond acceptors (Lipinski definition) is 0. The Labute approximate surface area is 180 Å². The Morgan fingerprint density at radius 2 is 1.61 bits per heavy atom. The number of nitrogens with zero attached hydrogens (tertiary/aromatic N) is 1. The third-order valence-corrected chi connectivity index (χ3v) is 6.79. The van der Waals surface area contributed by atoms with E-state index in [0.717, 1.165) is 6.42 Å². The van der Waals surface area contributed by atoms with E-state index < -0.39 is 0 Å². The summed E-state index contributed by atoms with van der Waals surface area (Å²) in [6, 6.07) is 26.6. The van der Waals surface area contributed by atoms with E-state index in [1.54, 1.807) is 0 Å². The molecule has 148 valence electrons. The van der Waals surface area contributed by atoms with E-state index in [1.165, 1.54) is 60.1 Å². The molecule has 0 saturated carbocycles. The maximum absolute atomic E-state index is 3.64. The normalized spacial score (nSPS) is 16.8. The van der Waals surface area contributed by atoms with Crippen molar-refractivity contribution in [2.24, 2.45) is 5.92 Å². The van der Waals surface area contributed by atoms with Crippen LogP contribution in [0.25, 0.3) is 60.1 Å². The molecule has 1 N–H and O–H groups in total. The van der Waals surface area contributed by atoms with Crippen molar-refractivity contribution in [3.8, 4) is 0 Å². The molecule has 2 nitrogen and oxygen atoms in total. The largest absolute Gasteiger partial charge is 0.354 e. The van der Waals surface area contributed by atoms with Gasteiger partial charge in [0.05, 0.1) is 11.0 Å². The fourth-order valence-corrected chi connectivity index (χ4v) is 5.38. The minimum atomic E-state index is 0.546. The zero-order chi connectivity index (χ0) is 20.5. The van der Waals surface area contributed by atoms with E-state index in [9.17, 15) is 0 Å². The van der Waals surface area contributed by atoms with Crippen LogP contribution in [0.2, 0.25) is 0 Å². The lowest BCUT2D eigenvalue weighted by atomic mass is 10.0. The summed E-state index contributed by atoms with van der Waals surface area (Å²) < 4.78 is 2.45. The molecular formula is C29H22N2. The predicted octanol–water partition coefficient (Wildman–Crippen LogP) is 8.02. The van der Waals surface area contributed by atoms with Gasteiger partial charge in [-0.05, 0) is 53.5 Å². The molecule has 2 heteroatoms. The standard InChI is InChI=1S/C29H22N2/c1-18-7-6-9-20(15-18)31-27-14-13-19-8-2-3-10-21(19)29(27)24-16-23-22-11-4-5-12-25(22)30-26(23)17-28(24)31/h2-6,8-18,30H,7H2,1H3. The molecule has 0 aliphatic heterocycles. The fraction of sp³-hybridized carbons (Fsp3) is 0.103. The summed E-state index contributed by atoms with van der Waals surface area (Å²) in [5.41, 5.74) is 6.18. The maximum Gasteiger partial charge on any atom is 0.0562 e. The van der Waals surface area contributed by atoms with Gasteiger partial charge in [-0.2, -0.15) is 0 Å². The van der Waals surface area contributed by atoms with Crippen LogP contribution >= 0.6 is 0 Å². The molecule has 1 atom stereocenters. The molecule has 1 unspecified atom stereocenters. The number of nitrogens with one attached hydrogen (secondary N) is 1. The molecule has 0 bridgehead atoms. The van der Waals surface area contributed by atoms with Crippen molar-refractivity contribution in [1.29, 1.82) is 0 Å². The Balaban J connectivity index is 1.73. The summed E-state index contributed by atoms with van der Waals surface area (Å²) in [6.45, 7) is 2.29. The summed E-state index contributed by atoms with van der Waals surface area (Å²) in [4.78, 5) is 3.64. The van der Waals surface area contributed by atoms with E-state index in [1.807, 2.05) is 0 Å². The Bertz CT molecular complexity index is 1720. The molecule has 0 fully saturated rings. The topological polar surface area (TPSA) is 20.7 Å². The zero-order valence-corrected chi connectivity index (χ0v) is 17.4. The molecule has 31 heavy (non-hydrogen) atoms. The summed E-state index contributed by atoms with van der Waals surface area (Å²) in [7, 11) is 0. The van der Waals surface area contributed by atoms with Gasteiger partial charge in [0.15, 0.2) is 0 Å². The number of rotatable bonds is 1. The highest BCUT2D eigenvalue weighted by atomic mass is 15.0. The van der Waals surface area contributed by atoms with Crippen molar-refractivity contribution in [2.75, 3.05) is 0 Å². The molecule has 0 radical (unpaired) electrons. The Morgan fingerprint density at radius 3 is 2.52 bits per heavy atom. The predicted molar refractivity (Wildman–Crippen MR) is 134 cm³/mol. The summed E-state index contributed by atoms with van der Waals surface area (Å²) in [5.74, 6) is 0.546. The van der Waals surface area contributed by atoms with Crippen molar-refractivity contribution in [1.82, 2.24) is 9.55 Å². The average Bonchev–Trinajstić information content (AvgIpc) is 3.32. The molecular weight excluding hydrogens is 376 g/mol. The van der Waals surface area contributed by atoms with Gasteiger partial charge in [-0.15, -0.1) is 0 Å². The minimum Gasteiger partial charge on any atom is -0.354 e. The number of benzene rings is 4. The number of H-pyrrole nitrogens is 1. The quantitative estimate of drug-likeness (QED) is 0.289. The van der Waals surface area contributed by atoms with Gasteiger partial charge in [0.2, 0.25) is 0 Å². The first-order valence-corrected chi connectivity index (χ1v) is 11.0. The molecule has 2 aromatic heterocycles. The van der Waals surface area contributed by atoms with Crippen molar-refractivity contribution in [3.05, 3.63) is 91.0 Å². The van der Waals surface area contributed by atoms with Crippen LogP contribution in [0.4, 0.5) is 0 Å². The van der Waals surface area contributed by atoms with Gasteiger partial charge in [0.1, 0.15) is 0 Å². The molecule has 6 aromatic rings. The van der Waals surface area contributed by atoms with Crippen molar-refractivity contribution >= 4 is 60.1 Å². The SMILES string of the molecule is CC1C=C(n2c3cc4[nH]c5ccccc5c4cc3c3c4ccccc4ccc32)C=CC1. The van der Waals surface area contributed by atoms with Crippen LogP contribution in [-0.2, 0) is 0 Å². The van der Waals surface area contributed by atoms with Crippen LogP contribution in [0, 0.1) is 5.92 Å². The third-order valence-electron chi connectivity index (χ3n) is 6.79. The molecule has 0 spiro atoms. The monoisotopic (exact) mass is 398 g/mol. The molecule has 1 aliphatic carbocycles. The van der Waals surface area contributed by atoms with Crippen molar-refractivity contribution in [3.63, 3.8) is 0 Å². The molecule has 2 heterocycles. The fourth-order valence-electron chi connectivity index (χ4n) is 5.38. The van der Waals surface area contributed by atoms with Gasteiger partial charge in [-0.1, -0.05) is 67.6 Å². The highest BCUT2D eigenvalue weighted by molar-refractivity contribution is 6.25. The van der Waals surface area contributed by atoms with Gasteiger partial charge in [-0.25, -0.2) is 0 Å². The first-order chi connectivity index (χ1) is 15.3. The lowest BCUT2D eigenvalue weighted by molar-refractivity contribution is 0.735. The van der Waals surface area contributed by atoms with E-state index in [2.05, 4.69) is 107 Å². The summed E-state index contributed by atoms with van der Waals surface area (Å²) in [5, 5.41) is 7.83. The lowest BCUT2D eigenvalue weighted by Crippen LogP contribution is -2.01. The second-order valence-electron chi connectivity index (χ2n) is 8.81. The summed E-state index contributed by atoms with van der Waals surface area (Å²) in [6.07, 6.45) is 8.10. The minimum absolute atomic E-state index is 0.546. The number of hydrogen-bond donors (Lipinski definition) is 1. The molecule has 4 aromatic carbocycles. The lowest BCUT2D eigenvalue weighted by Gasteiger charge is -2.16. The van der Waals surface area contributed by atoms with E-state index >= 15 is 0 Å². The number of aromatic amines is 1. The molecule has 1 aliphatic rings. The van der Waals surface area contributed by atoms with Crippen LogP contribution in [-0.4, -0.2) is 9.55 Å². The second kappa shape index (κ2) is 6.12. The van der Waals surface area contributed by atoms with Crippen molar-refractivity contribution in [2.45, 2.75) is 13.3 Å². The van der Waals surface area contributed by atoms with Gasteiger partial charge in [-0.3, -0.25) is 0 Å². The van der Waals surface area contributed by atoms with Gasteiger partial charge in [0.25, 0.3) is 0 Å². The highest BCUT2D eigenvalue weighted by Gasteiger charge is 2.18. The van der Waals surface area contributed by atoms with Crippen LogP contribution < -0.4 is 0 Å². The number of aromatic nitrogens is 2. The number of allylic oxidation sites excluding steroid dienone is 4. The average molecular weight is 399 g/mol. The first kappa shape index (κ1) is 17.0. The third kappa shape index (κ3) is 2.33. The van der Waals surface area contributed by atoms with E-state index in [0.29, 0.717) is 5.92 Å². The molecule has 0 amide bonds. The number of fused-ring (bicyclic) bond motifs is 8. The number of para-hydroxylation sites is 1. The highest BCUT2D eigenvalue weighted by Crippen LogP contribution is 2.40. The van der Waals surface area contributed by atoms with E-state index in [-0.39, 0.29) is 0 Å². The van der Waals surface area contributed by atoms with Crippen LogP contribution in [0.15, 0.2) is 91.0 Å². The zero-order valence-electron chi connectivity index (χ0n) is 17.4.